The van der Waals surface area contributed by atoms with Gasteiger partial charge in [-0.3, -0.25) is 4.79 Å². The molecule has 0 aliphatic heterocycles. The lowest BCUT2D eigenvalue weighted by Gasteiger charge is -2.02. The zero-order chi connectivity index (χ0) is 16.8. The van der Waals surface area contributed by atoms with E-state index in [0.717, 1.165) is 27.8 Å². The van der Waals surface area contributed by atoms with Crippen LogP contribution in [0.15, 0.2) is 52.5 Å². The first-order chi connectivity index (χ1) is 11.7. The Morgan fingerprint density at radius 2 is 2.25 bits per heavy atom. The van der Waals surface area contributed by atoms with Gasteiger partial charge in [0.1, 0.15) is 16.5 Å². The van der Waals surface area contributed by atoms with Gasteiger partial charge in [0.05, 0.1) is 25.6 Å². The van der Waals surface area contributed by atoms with Crippen LogP contribution in [-0.4, -0.2) is 18.0 Å². The molecule has 5 nitrogen and oxygen atoms in total. The van der Waals surface area contributed by atoms with E-state index in [-0.39, 0.29) is 5.91 Å². The number of rotatable bonds is 7. The summed E-state index contributed by atoms with van der Waals surface area (Å²) in [5.41, 5.74) is 1.94. The van der Waals surface area contributed by atoms with E-state index < -0.39 is 0 Å². The number of carbonyl (C=O) groups excluding carboxylic acids is 1. The first kappa shape index (κ1) is 16.3. The molecule has 1 amide bonds. The summed E-state index contributed by atoms with van der Waals surface area (Å²) in [6, 6.07) is 11.4. The third-order valence-corrected chi connectivity index (χ3v) is 4.46. The van der Waals surface area contributed by atoms with Gasteiger partial charge in [0.25, 0.3) is 0 Å². The van der Waals surface area contributed by atoms with Gasteiger partial charge >= 0.3 is 0 Å². The standard InChI is InChI=1S/C18H18N2O3S/c1-22-15-5-2-4-13(10-15)18-20-14(12-24-18)7-8-17(21)19-11-16-6-3-9-23-16/h2-6,9-10,12H,7-8,11H2,1H3,(H,19,21). The van der Waals surface area contributed by atoms with Gasteiger partial charge in [-0.15, -0.1) is 11.3 Å². The van der Waals surface area contributed by atoms with Crippen LogP contribution in [0.4, 0.5) is 0 Å². The van der Waals surface area contributed by atoms with Crippen LogP contribution in [-0.2, 0) is 17.8 Å². The molecule has 1 aromatic carbocycles. The fraction of sp³-hybridized carbons (Fsp3) is 0.222. The van der Waals surface area contributed by atoms with E-state index in [1.807, 2.05) is 35.7 Å². The molecular formula is C18H18N2O3S. The number of ether oxygens (including phenoxy) is 1. The van der Waals surface area contributed by atoms with Crippen molar-refractivity contribution >= 4 is 17.2 Å². The zero-order valence-corrected chi connectivity index (χ0v) is 14.1. The number of nitrogens with zero attached hydrogens (tertiary/aromatic N) is 1. The zero-order valence-electron chi connectivity index (χ0n) is 13.3. The Labute approximate surface area is 144 Å². The van der Waals surface area contributed by atoms with Gasteiger partial charge in [-0.25, -0.2) is 4.98 Å². The fourth-order valence-corrected chi connectivity index (χ4v) is 3.09. The summed E-state index contributed by atoms with van der Waals surface area (Å²) in [7, 11) is 1.65. The Morgan fingerprint density at radius 3 is 3.04 bits per heavy atom. The molecule has 2 heterocycles. The van der Waals surface area contributed by atoms with Gasteiger partial charge in [0.15, 0.2) is 0 Å². The molecule has 1 N–H and O–H groups in total. The molecule has 0 radical (unpaired) electrons. The van der Waals surface area contributed by atoms with Crippen LogP contribution in [0.5, 0.6) is 5.75 Å². The van der Waals surface area contributed by atoms with Crippen molar-refractivity contribution in [1.29, 1.82) is 0 Å². The van der Waals surface area contributed by atoms with Gasteiger partial charge in [-0.05, 0) is 30.7 Å². The fourth-order valence-electron chi connectivity index (χ4n) is 2.24. The van der Waals surface area contributed by atoms with Crippen LogP contribution in [0, 0.1) is 0 Å². The highest BCUT2D eigenvalue weighted by Crippen LogP contribution is 2.27. The summed E-state index contributed by atoms with van der Waals surface area (Å²) < 4.78 is 10.4. The highest BCUT2D eigenvalue weighted by atomic mass is 32.1. The molecule has 3 rings (SSSR count). The lowest BCUT2D eigenvalue weighted by atomic mass is 10.2. The lowest BCUT2D eigenvalue weighted by molar-refractivity contribution is -0.121. The summed E-state index contributed by atoms with van der Waals surface area (Å²) in [4.78, 5) is 16.5. The molecule has 0 bridgehead atoms. The van der Waals surface area contributed by atoms with Crippen molar-refractivity contribution in [3.63, 3.8) is 0 Å². The smallest absolute Gasteiger partial charge is 0.220 e. The molecule has 0 atom stereocenters. The Morgan fingerprint density at radius 1 is 1.33 bits per heavy atom. The monoisotopic (exact) mass is 342 g/mol. The Bertz CT molecular complexity index is 796. The van der Waals surface area contributed by atoms with Gasteiger partial charge in [-0.1, -0.05) is 12.1 Å². The average Bonchev–Trinajstić information content (AvgIpc) is 3.30. The van der Waals surface area contributed by atoms with Crippen LogP contribution < -0.4 is 10.1 Å². The van der Waals surface area contributed by atoms with Gasteiger partial charge in [0.2, 0.25) is 5.91 Å². The molecular weight excluding hydrogens is 324 g/mol. The number of aryl methyl sites for hydroxylation is 1. The molecule has 0 spiro atoms. The maximum atomic E-state index is 11.9. The number of thiazole rings is 1. The molecule has 6 heteroatoms. The van der Waals surface area contributed by atoms with Gasteiger partial charge in [-0.2, -0.15) is 0 Å². The maximum Gasteiger partial charge on any atom is 0.220 e. The van der Waals surface area contributed by atoms with Crippen molar-refractivity contribution in [2.24, 2.45) is 0 Å². The summed E-state index contributed by atoms with van der Waals surface area (Å²) in [6.07, 6.45) is 2.61. The number of hydrogen-bond donors (Lipinski definition) is 1. The molecule has 0 saturated carbocycles. The van der Waals surface area contributed by atoms with Crippen molar-refractivity contribution in [1.82, 2.24) is 10.3 Å². The highest BCUT2D eigenvalue weighted by Gasteiger charge is 2.08. The minimum absolute atomic E-state index is 0.0117. The minimum atomic E-state index is -0.0117. The first-order valence-corrected chi connectivity index (χ1v) is 8.50. The molecule has 0 aliphatic rings. The van der Waals surface area contributed by atoms with Crippen LogP contribution in [0.2, 0.25) is 0 Å². The average molecular weight is 342 g/mol. The molecule has 3 aromatic rings. The Hall–Kier alpha value is -2.60. The van der Waals surface area contributed by atoms with Crippen molar-refractivity contribution in [3.05, 3.63) is 59.5 Å². The van der Waals surface area contributed by atoms with Crippen LogP contribution in [0.25, 0.3) is 10.6 Å². The number of methoxy groups -OCH3 is 1. The number of furan rings is 1. The van der Waals surface area contributed by atoms with Gasteiger partial charge in [0, 0.05) is 17.4 Å². The van der Waals surface area contributed by atoms with Gasteiger partial charge < -0.3 is 14.5 Å². The molecule has 0 aliphatic carbocycles. The van der Waals surface area contributed by atoms with Crippen LogP contribution in [0.1, 0.15) is 17.9 Å². The topological polar surface area (TPSA) is 64.4 Å². The van der Waals surface area contributed by atoms with E-state index in [2.05, 4.69) is 10.3 Å². The van der Waals surface area contributed by atoms with Crippen molar-refractivity contribution < 1.29 is 13.9 Å². The second-order valence-electron chi connectivity index (χ2n) is 5.23. The van der Waals surface area contributed by atoms with Crippen LogP contribution in [0.3, 0.4) is 0 Å². The van der Waals surface area contributed by atoms with E-state index in [9.17, 15) is 4.79 Å². The molecule has 2 aromatic heterocycles. The number of hydrogen-bond acceptors (Lipinski definition) is 5. The van der Waals surface area contributed by atoms with E-state index in [1.54, 1.807) is 30.8 Å². The van der Waals surface area contributed by atoms with Crippen molar-refractivity contribution in [2.75, 3.05) is 7.11 Å². The SMILES string of the molecule is COc1cccc(-c2nc(CCC(=O)NCc3ccco3)cs2)c1. The Kier molecular flexibility index (Phi) is 5.28. The molecule has 0 fully saturated rings. The predicted molar refractivity (Wildman–Crippen MR) is 93.0 cm³/mol. The summed E-state index contributed by atoms with van der Waals surface area (Å²) >= 11 is 1.57. The largest absolute Gasteiger partial charge is 0.497 e. The number of carbonyl (C=O) groups is 1. The second-order valence-corrected chi connectivity index (χ2v) is 6.09. The van der Waals surface area contributed by atoms with E-state index in [4.69, 9.17) is 9.15 Å². The molecule has 0 saturated heterocycles. The predicted octanol–water partition coefficient (Wildman–Crippen LogP) is 3.66. The number of benzene rings is 1. The minimum Gasteiger partial charge on any atom is -0.497 e. The summed E-state index contributed by atoms with van der Waals surface area (Å²) in [5.74, 6) is 1.54. The third-order valence-electron chi connectivity index (χ3n) is 3.52. The van der Waals surface area contributed by atoms with Crippen LogP contribution >= 0.6 is 11.3 Å². The maximum absolute atomic E-state index is 11.9. The molecule has 24 heavy (non-hydrogen) atoms. The number of amides is 1. The normalized spacial score (nSPS) is 10.5. The Balaban J connectivity index is 1.53. The number of aromatic nitrogens is 1. The molecule has 0 unspecified atom stereocenters. The van der Waals surface area contributed by atoms with E-state index in [0.29, 0.717) is 19.4 Å². The highest BCUT2D eigenvalue weighted by molar-refractivity contribution is 7.13. The molecule has 124 valence electrons. The van der Waals surface area contributed by atoms with E-state index in [1.165, 1.54) is 0 Å². The summed E-state index contributed by atoms with van der Waals surface area (Å²) in [5, 5.41) is 5.76. The van der Waals surface area contributed by atoms with Crippen molar-refractivity contribution in [3.8, 4) is 16.3 Å². The third kappa shape index (κ3) is 4.23. The lowest BCUT2D eigenvalue weighted by Crippen LogP contribution is -2.22. The quantitative estimate of drug-likeness (QED) is 0.712. The van der Waals surface area contributed by atoms with E-state index >= 15 is 0 Å². The number of nitrogens with one attached hydrogen (secondary N) is 1. The first-order valence-electron chi connectivity index (χ1n) is 7.62. The van der Waals surface area contributed by atoms with Crippen molar-refractivity contribution in [2.45, 2.75) is 19.4 Å². The second kappa shape index (κ2) is 7.79. The summed E-state index contributed by atoms with van der Waals surface area (Å²) in [6.45, 7) is 0.415.